The molecule has 0 radical (unpaired) electrons. The summed E-state index contributed by atoms with van der Waals surface area (Å²) >= 11 is 6.08. The van der Waals surface area contributed by atoms with Crippen molar-refractivity contribution < 1.29 is 42.4 Å². The Hall–Kier alpha value is -3.81. The number of imidazole rings is 1. The summed E-state index contributed by atoms with van der Waals surface area (Å²) in [5.41, 5.74) is 2.36. The van der Waals surface area contributed by atoms with E-state index in [1.54, 1.807) is 17.8 Å². The highest BCUT2D eigenvalue weighted by Gasteiger charge is 2.38. The summed E-state index contributed by atoms with van der Waals surface area (Å²) in [7, 11) is 2.97. The summed E-state index contributed by atoms with van der Waals surface area (Å²) in [6, 6.07) is 9.87. The number of amides is 2. The number of benzene rings is 2. The van der Waals surface area contributed by atoms with Crippen molar-refractivity contribution in [3.05, 3.63) is 70.6 Å². The average molecular weight is 627 g/mol. The molecule has 1 aromatic heterocycles. The average Bonchev–Trinajstić information content (AvgIpc) is 3.33. The van der Waals surface area contributed by atoms with E-state index in [0.29, 0.717) is 17.9 Å². The number of nitrogens with one attached hydrogen (secondary N) is 2. The molecule has 1 heterocycles. The number of hydrogen-bond acceptors (Lipinski definition) is 7. The zero-order valence-electron chi connectivity index (χ0n) is 24.0. The lowest BCUT2D eigenvalue weighted by molar-refractivity contribution is -0.189. The third-order valence-corrected chi connectivity index (χ3v) is 6.93. The van der Waals surface area contributed by atoms with Crippen LogP contribution < -0.4 is 15.4 Å². The second-order valence-electron chi connectivity index (χ2n) is 9.98. The molecule has 4 atom stereocenters. The predicted molar refractivity (Wildman–Crippen MR) is 153 cm³/mol. The fourth-order valence-electron chi connectivity index (χ4n) is 4.24. The van der Waals surface area contributed by atoms with E-state index < -0.39 is 42.5 Å². The van der Waals surface area contributed by atoms with E-state index in [4.69, 9.17) is 16.3 Å². The van der Waals surface area contributed by atoms with E-state index in [9.17, 15) is 33.0 Å². The van der Waals surface area contributed by atoms with E-state index >= 15 is 0 Å². The van der Waals surface area contributed by atoms with Crippen molar-refractivity contribution in [3.63, 3.8) is 0 Å². The third-order valence-electron chi connectivity index (χ3n) is 6.63. The minimum atomic E-state index is -4.57. The van der Waals surface area contributed by atoms with Crippen molar-refractivity contribution >= 4 is 23.6 Å². The Morgan fingerprint density at radius 3 is 2.35 bits per heavy atom. The van der Waals surface area contributed by atoms with Crippen molar-refractivity contribution in [3.8, 4) is 17.0 Å². The first-order valence-corrected chi connectivity index (χ1v) is 13.7. The summed E-state index contributed by atoms with van der Waals surface area (Å²) in [5.74, 6) is -0.280. The standard InChI is InChI=1S/C29H34ClF3N4O6/c1-16(39)25(36-28(41)42-4)26-35-23(15-37(26)3)19-7-5-18(6-8-19)13-21(11-12-38)34-27(40)20-9-10-24(22(30)14-20)43-17(2)29(31,32)33/h5-10,14-17,21,25,38-39H,11-13H2,1-4H3,(H,34,40)(H,36,41)/t16-,17+,21+,25-/m0/s1. The number of ether oxygens (including phenoxy) is 2. The van der Waals surface area contributed by atoms with Crippen LogP contribution in [-0.4, -0.2) is 69.9 Å². The van der Waals surface area contributed by atoms with Gasteiger partial charge >= 0.3 is 12.3 Å². The van der Waals surface area contributed by atoms with Crippen molar-refractivity contribution in [1.29, 1.82) is 0 Å². The number of aliphatic hydroxyl groups is 2. The van der Waals surface area contributed by atoms with Crippen LogP contribution in [0.25, 0.3) is 11.3 Å². The molecule has 43 heavy (non-hydrogen) atoms. The van der Waals surface area contributed by atoms with Crippen LogP contribution in [0.4, 0.5) is 18.0 Å². The van der Waals surface area contributed by atoms with Gasteiger partial charge in [0.1, 0.15) is 17.6 Å². The Bertz CT molecular complexity index is 1400. The maximum Gasteiger partial charge on any atom is 0.425 e. The van der Waals surface area contributed by atoms with Gasteiger partial charge in [0, 0.05) is 37.0 Å². The Morgan fingerprint density at radius 1 is 1.12 bits per heavy atom. The fraction of sp³-hybridized carbons (Fsp3) is 0.414. The first-order chi connectivity index (χ1) is 20.2. The molecule has 0 fully saturated rings. The zero-order valence-corrected chi connectivity index (χ0v) is 24.7. The molecule has 4 N–H and O–H groups in total. The Labute approximate surface area is 251 Å². The number of methoxy groups -OCH3 is 1. The van der Waals surface area contributed by atoms with Crippen molar-refractivity contribution in [2.24, 2.45) is 7.05 Å². The van der Waals surface area contributed by atoms with Gasteiger partial charge in [0.05, 0.1) is 23.9 Å². The van der Waals surface area contributed by atoms with Crippen LogP contribution in [0.1, 0.15) is 48.1 Å². The van der Waals surface area contributed by atoms with E-state index in [2.05, 4.69) is 20.4 Å². The number of rotatable bonds is 12. The summed E-state index contributed by atoms with van der Waals surface area (Å²) in [5, 5.41) is 25.0. The second kappa shape index (κ2) is 14.6. The summed E-state index contributed by atoms with van der Waals surface area (Å²) in [4.78, 5) is 29.2. The first-order valence-electron chi connectivity index (χ1n) is 13.3. The Balaban J connectivity index is 1.70. The number of nitrogens with zero attached hydrogens (tertiary/aromatic N) is 2. The van der Waals surface area contributed by atoms with Gasteiger partial charge in [0.15, 0.2) is 6.10 Å². The predicted octanol–water partition coefficient (Wildman–Crippen LogP) is 4.57. The van der Waals surface area contributed by atoms with Crippen LogP contribution in [0, 0.1) is 0 Å². The maximum absolute atomic E-state index is 12.9. The highest BCUT2D eigenvalue weighted by Crippen LogP contribution is 2.31. The molecule has 2 amide bonds. The molecular weight excluding hydrogens is 593 g/mol. The van der Waals surface area contributed by atoms with E-state index in [-0.39, 0.29) is 29.4 Å². The minimum Gasteiger partial charge on any atom is -0.480 e. The monoisotopic (exact) mass is 626 g/mol. The molecule has 3 rings (SSSR count). The van der Waals surface area contributed by atoms with Crippen LogP contribution in [0.15, 0.2) is 48.7 Å². The topological polar surface area (TPSA) is 135 Å². The van der Waals surface area contributed by atoms with Crippen molar-refractivity contribution in [2.45, 2.75) is 57.2 Å². The molecular formula is C29H34ClF3N4O6. The summed E-state index contributed by atoms with van der Waals surface area (Å²) < 4.78 is 49.7. The van der Waals surface area contributed by atoms with Gasteiger partial charge in [-0.15, -0.1) is 0 Å². The molecule has 0 saturated heterocycles. The number of aryl methyl sites for hydroxylation is 1. The molecule has 0 bridgehead atoms. The number of aromatic nitrogens is 2. The first kappa shape index (κ1) is 33.7. The number of alkyl carbamates (subject to hydrolysis) is 1. The Kier molecular flexibility index (Phi) is 11.4. The molecule has 3 aromatic rings. The lowest BCUT2D eigenvalue weighted by atomic mass is 10.0. The molecule has 0 aliphatic carbocycles. The fourth-order valence-corrected chi connectivity index (χ4v) is 4.46. The molecule has 0 aliphatic rings. The van der Waals surface area contributed by atoms with Gasteiger partial charge in [0.2, 0.25) is 0 Å². The quantitative estimate of drug-likeness (QED) is 0.231. The van der Waals surface area contributed by atoms with Crippen LogP contribution >= 0.6 is 11.6 Å². The SMILES string of the molecule is COC(=O)N[C@H](c1nc(-c2ccc(C[C@@H](CCO)NC(=O)c3ccc(O[C@H](C)C(F)(F)F)c(Cl)c3)cc2)cn1C)[C@H](C)O. The molecule has 10 nitrogen and oxygen atoms in total. The third kappa shape index (κ3) is 9.09. The second-order valence-corrected chi connectivity index (χ2v) is 10.4. The highest BCUT2D eigenvalue weighted by molar-refractivity contribution is 6.32. The van der Waals surface area contributed by atoms with E-state index in [1.165, 1.54) is 32.2 Å². The van der Waals surface area contributed by atoms with Gasteiger partial charge in [-0.1, -0.05) is 35.9 Å². The number of halogens is 4. The van der Waals surface area contributed by atoms with E-state index in [0.717, 1.165) is 18.1 Å². The lowest BCUT2D eigenvalue weighted by Crippen LogP contribution is -2.37. The van der Waals surface area contributed by atoms with Gasteiger partial charge in [-0.25, -0.2) is 9.78 Å². The summed E-state index contributed by atoms with van der Waals surface area (Å²) in [6.45, 7) is 2.20. The number of hydrogen-bond donors (Lipinski definition) is 4. The number of carbonyl (C=O) groups excluding carboxylic acids is 2. The molecule has 234 valence electrons. The van der Waals surface area contributed by atoms with Gasteiger partial charge in [-0.3, -0.25) is 4.79 Å². The van der Waals surface area contributed by atoms with Crippen molar-refractivity contribution in [2.75, 3.05) is 13.7 Å². The lowest BCUT2D eigenvalue weighted by Gasteiger charge is -2.20. The molecule has 0 spiro atoms. The number of aliphatic hydroxyl groups excluding tert-OH is 2. The molecule has 2 aromatic carbocycles. The largest absolute Gasteiger partial charge is 0.480 e. The van der Waals surface area contributed by atoms with Gasteiger partial charge in [-0.05, 0) is 50.5 Å². The zero-order chi connectivity index (χ0) is 31.9. The molecule has 0 unspecified atom stereocenters. The van der Waals surface area contributed by atoms with Crippen LogP contribution in [-0.2, 0) is 18.2 Å². The number of alkyl halides is 3. The minimum absolute atomic E-state index is 0.124. The van der Waals surface area contributed by atoms with E-state index in [1.807, 2.05) is 24.3 Å². The van der Waals surface area contributed by atoms with Gasteiger partial charge < -0.3 is 34.9 Å². The molecule has 0 saturated carbocycles. The van der Waals surface area contributed by atoms with Crippen LogP contribution in [0.5, 0.6) is 5.75 Å². The molecule has 0 aliphatic heterocycles. The van der Waals surface area contributed by atoms with Gasteiger partial charge in [-0.2, -0.15) is 13.2 Å². The van der Waals surface area contributed by atoms with Crippen LogP contribution in [0.3, 0.4) is 0 Å². The van der Waals surface area contributed by atoms with Gasteiger partial charge in [0.25, 0.3) is 5.91 Å². The number of carbonyl (C=O) groups is 2. The molecule has 14 heteroatoms. The smallest absolute Gasteiger partial charge is 0.425 e. The highest BCUT2D eigenvalue weighted by atomic mass is 35.5. The summed E-state index contributed by atoms with van der Waals surface area (Å²) in [6.07, 6.45) is -5.88. The van der Waals surface area contributed by atoms with Crippen LogP contribution in [0.2, 0.25) is 5.02 Å². The maximum atomic E-state index is 12.9. The Morgan fingerprint density at radius 2 is 1.79 bits per heavy atom. The normalized spacial score (nSPS) is 14.4. The van der Waals surface area contributed by atoms with Crippen molar-refractivity contribution in [1.82, 2.24) is 20.2 Å².